The van der Waals surface area contributed by atoms with Crippen molar-refractivity contribution in [3.8, 4) is 11.5 Å². The van der Waals surface area contributed by atoms with Crippen LogP contribution in [-0.2, 0) is 10.0 Å². The van der Waals surface area contributed by atoms with E-state index < -0.39 is 10.0 Å². The molecular formula is C27H27N3O4S. The van der Waals surface area contributed by atoms with Crippen LogP contribution in [0.25, 0.3) is 22.6 Å². The first-order chi connectivity index (χ1) is 16.8. The predicted molar refractivity (Wildman–Crippen MR) is 136 cm³/mol. The first kappa shape index (κ1) is 23.3. The fourth-order valence-electron chi connectivity index (χ4n) is 4.62. The Kier molecular flexibility index (Phi) is 6.17. The van der Waals surface area contributed by atoms with Crippen molar-refractivity contribution in [2.24, 2.45) is 11.8 Å². The van der Waals surface area contributed by atoms with Crippen molar-refractivity contribution < 1.29 is 17.6 Å². The molecule has 1 saturated heterocycles. The first-order valence-corrected chi connectivity index (χ1v) is 13.1. The van der Waals surface area contributed by atoms with Crippen molar-refractivity contribution >= 4 is 32.7 Å². The number of rotatable bonds is 5. The molecule has 5 rings (SSSR count). The molecule has 0 unspecified atom stereocenters. The van der Waals surface area contributed by atoms with E-state index in [2.05, 4.69) is 24.1 Å². The van der Waals surface area contributed by atoms with Crippen molar-refractivity contribution in [1.29, 1.82) is 0 Å². The molecule has 180 valence electrons. The zero-order valence-corrected chi connectivity index (χ0v) is 20.5. The summed E-state index contributed by atoms with van der Waals surface area (Å²) >= 11 is 0. The van der Waals surface area contributed by atoms with Gasteiger partial charge in [0.05, 0.1) is 4.90 Å². The predicted octanol–water partition coefficient (Wildman–Crippen LogP) is 5.41. The maximum Gasteiger partial charge on any atom is 0.255 e. The van der Waals surface area contributed by atoms with Crippen molar-refractivity contribution in [2.45, 2.75) is 25.2 Å². The van der Waals surface area contributed by atoms with Crippen LogP contribution in [0.15, 0.2) is 82.1 Å². The Morgan fingerprint density at radius 2 is 1.60 bits per heavy atom. The van der Waals surface area contributed by atoms with Gasteiger partial charge in [0.1, 0.15) is 5.52 Å². The number of benzene rings is 3. The summed E-state index contributed by atoms with van der Waals surface area (Å²) in [6.45, 7) is 5.19. The molecule has 4 aromatic rings. The minimum Gasteiger partial charge on any atom is -0.436 e. The Bertz CT molecular complexity index is 1420. The van der Waals surface area contributed by atoms with Crippen molar-refractivity contribution in [2.75, 3.05) is 18.4 Å². The summed E-state index contributed by atoms with van der Waals surface area (Å²) < 4.78 is 33.5. The smallest absolute Gasteiger partial charge is 0.255 e. The molecule has 1 amide bonds. The number of aromatic nitrogens is 1. The Balaban J connectivity index is 1.27. The van der Waals surface area contributed by atoms with E-state index in [1.807, 2.05) is 36.4 Å². The number of amides is 1. The molecule has 1 aliphatic heterocycles. The summed E-state index contributed by atoms with van der Waals surface area (Å²) in [5, 5.41) is 2.85. The second kappa shape index (κ2) is 9.28. The number of nitrogens with one attached hydrogen (secondary N) is 1. The van der Waals surface area contributed by atoms with Gasteiger partial charge in [-0.3, -0.25) is 4.79 Å². The van der Waals surface area contributed by atoms with Gasteiger partial charge in [0.25, 0.3) is 5.91 Å². The van der Waals surface area contributed by atoms with Crippen LogP contribution in [0.5, 0.6) is 0 Å². The molecule has 0 radical (unpaired) electrons. The second-order valence-electron chi connectivity index (χ2n) is 9.31. The molecule has 0 bridgehead atoms. The summed E-state index contributed by atoms with van der Waals surface area (Å²) in [5.74, 6) is 0.849. The van der Waals surface area contributed by atoms with Gasteiger partial charge < -0.3 is 9.73 Å². The number of nitrogens with zero attached hydrogens (tertiary/aromatic N) is 2. The van der Waals surface area contributed by atoms with Crippen molar-refractivity contribution in [3.05, 3.63) is 78.4 Å². The zero-order chi connectivity index (χ0) is 24.6. The number of oxazole rings is 1. The van der Waals surface area contributed by atoms with Crippen molar-refractivity contribution in [3.63, 3.8) is 0 Å². The number of hydrogen-bond donors (Lipinski definition) is 1. The third kappa shape index (κ3) is 4.85. The lowest BCUT2D eigenvalue weighted by molar-refractivity contribution is 0.102. The van der Waals surface area contributed by atoms with E-state index in [1.54, 1.807) is 28.6 Å². The summed E-state index contributed by atoms with van der Waals surface area (Å²) in [4.78, 5) is 17.4. The third-order valence-corrected chi connectivity index (χ3v) is 8.12. The van der Waals surface area contributed by atoms with Gasteiger partial charge in [-0.05, 0) is 78.9 Å². The van der Waals surface area contributed by atoms with Crippen LogP contribution >= 0.6 is 0 Å². The topological polar surface area (TPSA) is 92.5 Å². The van der Waals surface area contributed by atoms with Crippen LogP contribution in [-0.4, -0.2) is 36.7 Å². The molecular weight excluding hydrogens is 462 g/mol. The average Bonchev–Trinajstić information content (AvgIpc) is 3.28. The molecule has 7 nitrogen and oxygen atoms in total. The fraction of sp³-hybridized carbons (Fsp3) is 0.259. The third-order valence-electron chi connectivity index (χ3n) is 6.27. The lowest BCUT2D eigenvalue weighted by atomic mass is 9.94. The molecule has 1 aliphatic rings. The van der Waals surface area contributed by atoms with E-state index in [0.717, 1.165) is 23.1 Å². The maximum atomic E-state index is 13.1. The molecule has 35 heavy (non-hydrogen) atoms. The Morgan fingerprint density at radius 1 is 0.943 bits per heavy atom. The van der Waals surface area contributed by atoms with Gasteiger partial charge in [-0.15, -0.1) is 0 Å². The lowest BCUT2D eigenvalue weighted by Crippen LogP contribution is -2.42. The van der Waals surface area contributed by atoms with Gasteiger partial charge in [0.15, 0.2) is 5.58 Å². The number of anilines is 1. The largest absolute Gasteiger partial charge is 0.436 e. The van der Waals surface area contributed by atoms with Gasteiger partial charge in [-0.1, -0.05) is 26.0 Å². The minimum absolute atomic E-state index is 0.207. The molecule has 2 heterocycles. The standard InChI is InChI=1S/C27H27N3O4S/c1-18-15-19(2)17-30(16-18)35(32,33)23-13-9-20(10-14-23)26(31)28-22-11-7-21(8-12-22)27-29-24-5-3-4-6-25(24)34-27/h3-14,18-19H,15-17H2,1-2H3,(H,28,31)/t18-,19-/m0/s1. The van der Waals surface area contributed by atoms with E-state index >= 15 is 0 Å². The number of para-hydroxylation sites is 2. The number of piperidine rings is 1. The first-order valence-electron chi connectivity index (χ1n) is 11.7. The highest BCUT2D eigenvalue weighted by Gasteiger charge is 2.31. The van der Waals surface area contributed by atoms with Crippen LogP contribution in [0.2, 0.25) is 0 Å². The van der Waals surface area contributed by atoms with Crippen molar-refractivity contribution in [1.82, 2.24) is 9.29 Å². The summed E-state index contributed by atoms with van der Waals surface area (Å²) in [5.41, 5.74) is 3.30. The Morgan fingerprint density at radius 3 is 2.26 bits per heavy atom. The highest BCUT2D eigenvalue weighted by atomic mass is 32.2. The SMILES string of the molecule is C[C@H]1C[C@H](C)CN(S(=O)(=O)c2ccc(C(=O)Nc3ccc(-c4nc5ccccc5o4)cc3)cc2)C1. The van der Waals surface area contributed by atoms with Gasteiger partial charge in [-0.2, -0.15) is 4.31 Å². The number of carbonyl (C=O) groups is 1. The van der Waals surface area contributed by atoms with Gasteiger partial charge in [0.2, 0.25) is 15.9 Å². The van der Waals surface area contributed by atoms with E-state index in [0.29, 0.717) is 42.1 Å². The van der Waals surface area contributed by atoms with Gasteiger partial charge in [0, 0.05) is 29.9 Å². The number of carbonyl (C=O) groups excluding carboxylic acids is 1. The summed E-state index contributed by atoms with van der Waals surface area (Å²) in [6.07, 6.45) is 1.03. The summed E-state index contributed by atoms with van der Waals surface area (Å²) in [7, 11) is -3.58. The zero-order valence-electron chi connectivity index (χ0n) is 19.6. The van der Waals surface area contributed by atoms with Crippen LogP contribution in [0, 0.1) is 11.8 Å². The van der Waals surface area contributed by atoms with Crippen LogP contribution in [0.3, 0.4) is 0 Å². The molecule has 0 spiro atoms. The minimum atomic E-state index is -3.58. The van der Waals surface area contributed by atoms with Crippen LogP contribution in [0.4, 0.5) is 5.69 Å². The summed E-state index contributed by atoms with van der Waals surface area (Å²) in [6, 6.07) is 20.9. The lowest BCUT2D eigenvalue weighted by Gasteiger charge is -2.34. The van der Waals surface area contributed by atoms with Crippen LogP contribution in [0.1, 0.15) is 30.6 Å². The van der Waals surface area contributed by atoms with Gasteiger partial charge >= 0.3 is 0 Å². The Hall–Kier alpha value is -3.49. The van der Waals surface area contributed by atoms with E-state index in [9.17, 15) is 13.2 Å². The second-order valence-corrected chi connectivity index (χ2v) is 11.2. The number of hydrogen-bond acceptors (Lipinski definition) is 5. The quantitative estimate of drug-likeness (QED) is 0.404. The normalized spacial score (nSPS) is 19.0. The fourth-order valence-corrected chi connectivity index (χ4v) is 6.30. The number of fused-ring (bicyclic) bond motifs is 1. The maximum absolute atomic E-state index is 13.1. The highest BCUT2D eigenvalue weighted by Crippen LogP contribution is 2.28. The number of sulfonamides is 1. The molecule has 1 N–H and O–H groups in total. The van der Waals surface area contributed by atoms with E-state index in [4.69, 9.17) is 4.42 Å². The Labute approximate surface area is 204 Å². The van der Waals surface area contributed by atoms with Gasteiger partial charge in [-0.25, -0.2) is 13.4 Å². The molecule has 0 aliphatic carbocycles. The average molecular weight is 490 g/mol. The molecule has 3 aromatic carbocycles. The van der Waals surface area contributed by atoms with E-state index in [-0.39, 0.29) is 10.8 Å². The van der Waals surface area contributed by atoms with Crippen LogP contribution < -0.4 is 5.32 Å². The highest BCUT2D eigenvalue weighted by molar-refractivity contribution is 7.89. The molecule has 1 aromatic heterocycles. The molecule has 0 saturated carbocycles. The molecule has 8 heteroatoms. The monoisotopic (exact) mass is 489 g/mol. The molecule has 1 fully saturated rings. The van der Waals surface area contributed by atoms with E-state index in [1.165, 1.54) is 12.1 Å². The molecule has 2 atom stereocenters.